The topological polar surface area (TPSA) is 116 Å². The lowest BCUT2D eigenvalue weighted by Gasteiger charge is -2.08. The van der Waals surface area contributed by atoms with E-state index in [2.05, 4.69) is 20.8 Å². The van der Waals surface area contributed by atoms with Gasteiger partial charge in [0.25, 0.3) is 0 Å². The first-order valence-corrected chi connectivity index (χ1v) is 6.75. The summed E-state index contributed by atoms with van der Waals surface area (Å²) in [4.78, 5) is 18.7. The smallest absolute Gasteiger partial charge is 0.337 e. The van der Waals surface area contributed by atoms with Crippen molar-refractivity contribution in [2.75, 3.05) is 11.2 Å². The minimum absolute atomic E-state index is 0.244. The molecule has 0 amide bonds. The number of carbonyl (C=O) groups is 1. The molecular formula is C15H13N5O2. The fourth-order valence-electron chi connectivity index (χ4n) is 2.82. The van der Waals surface area contributed by atoms with Crippen LogP contribution in [0.1, 0.15) is 15.9 Å². The Bertz CT molecular complexity index is 916. The van der Waals surface area contributed by atoms with Gasteiger partial charge in [0.2, 0.25) is 0 Å². The molecule has 1 aromatic carbocycles. The molecule has 2 aromatic heterocycles. The summed E-state index contributed by atoms with van der Waals surface area (Å²) in [5.74, 6) is -0.536. The van der Waals surface area contributed by atoms with Gasteiger partial charge in [0.1, 0.15) is 5.82 Å². The van der Waals surface area contributed by atoms with E-state index in [0.717, 1.165) is 27.6 Å². The van der Waals surface area contributed by atoms with Crippen LogP contribution < -0.4 is 16.6 Å². The molecule has 4 rings (SSSR count). The summed E-state index contributed by atoms with van der Waals surface area (Å²) >= 11 is 0. The van der Waals surface area contributed by atoms with Crippen molar-refractivity contribution >= 4 is 28.4 Å². The number of carboxylic acids is 1. The van der Waals surface area contributed by atoms with Crippen LogP contribution in [0, 0.1) is 0 Å². The van der Waals surface area contributed by atoms with Gasteiger partial charge in [-0.2, -0.15) is 0 Å². The number of hydrazine groups is 1. The van der Waals surface area contributed by atoms with Crippen molar-refractivity contribution in [2.24, 2.45) is 0 Å². The Kier molecular flexibility index (Phi) is 2.57. The maximum Gasteiger partial charge on any atom is 0.337 e. The number of nitrogens with zero attached hydrogens (tertiary/aromatic N) is 1. The third kappa shape index (κ3) is 1.80. The number of anilines is 2. The minimum Gasteiger partial charge on any atom is -0.478 e. The molecule has 7 heteroatoms. The number of aromatic nitrogens is 2. The van der Waals surface area contributed by atoms with Crippen LogP contribution >= 0.6 is 0 Å². The van der Waals surface area contributed by atoms with Crippen LogP contribution in [0.3, 0.4) is 0 Å². The van der Waals surface area contributed by atoms with Gasteiger partial charge in [-0.15, -0.1) is 0 Å². The Hall–Kier alpha value is -3.06. The number of hydrogen-bond acceptors (Lipinski definition) is 5. The van der Waals surface area contributed by atoms with Gasteiger partial charge in [-0.3, -0.25) is 0 Å². The molecule has 110 valence electrons. The van der Waals surface area contributed by atoms with Gasteiger partial charge in [0.15, 0.2) is 0 Å². The van der Waals surface area contributed by atoms with E-state index in [1.807, 2.05) is 12.3 Å². The molecule has 6 N–H and O–H groups in total. The molecule has 3 aromatic rings. The average Bonchev–Trinajstić information content (AvgIpc) is 3.11. The molecule has 22 heavy (non-hydrogen) atoms. The summed E-state index contributed by atoms with van der Waals surface area (Å²) in [6, 6.07) is 5.43. The van der Waals surface area contributed by atoms with Crippen molar-refractivity contribution in [3.05, 3.63) is 41.7 Å². The SMILES string of the molecule is Nc1cc2c(-c3cc4c(c(C(=O)O)c3)NNC4)c[nH]c2cn1. The minimum atomic E-state index is -0.963. The van der Waals surface area contributed by atoms with Crippen molar-refractivity contribution in [1.29, 1.82) is 0 Å². The van der Waals surface area contributed by atoms with E-state index in [-0.39, 0.29) is 5.56 Å². The van der Waals surface area contributed by atoms with E-state index >= 15 is 0 Å². The number of nitrogens with two attached hydrogens (primary N) is 1. The molecule has 0 bridgehead atoms. The standard InChI is InChI=1S/C15H13N5O2/c16-13-3-9-11(5-17-12(9)6-18-13)7-1-8-4-19-20-14(8)10(2-7)15(21)22/h1-3,5-6,17,19-20H,4H2,(H2,16,18)(H,21,22). The van der Waals surface area contributed by atoms with Gasteiger partial charge in [-0.1, -0.05) is 0 Å². The van der Waals surface area contributed by atoms with Gasteiger partial charge >= 0.3 is 5.97 Å². The van der Waals surface area contributed by atoms with Crippen LogP contribution in [0.15, 0.2) is 30.6 Å². The Morgan fingerprint density at radius 2 is 2.18 bits per heavy atom. The average molecular weight is 295 g/mol. The van der Waals surface area contributed by atoms with E-state index < -0.39 is 5.97 Å². The second-order valence-electron chi connectivity index (χ2n) is 5.20. The zero-order valence-corrected chi connectivity index (χ0v) is 11.5. The van der Waals surface area contributed by atoms with E-state index in [1.54, 1.807) is 18.3 Å². The number of carboxylic acid groups (broad SMARTS) is 1. The zero-order valence-electron chi connectivity index (χ0n) is 11.5. The number of aromatic carboxylic acids is 1. The van der Waals surface area contributed by atoms with Crippen molar-refractivity contribution < 1.29 is 9.90 Å². The summed E-state index contributed by atoms with van der Waals surface area (Å²) in [7, 11) is 0. The molecule has 1 aliphatic heterocycles. The molecular weight excluding hydrogens is 282 g/mol. The van der Waals surface area contributed by atoms with Gasteiger partial charge in [0, 0.05) is 23.7 Å². The maximum absolute atomic E-state index is 11.5. The highest BCUT2D eigenvalue weighted by Crippen LogP contribution is 2.35. The summed E-state index contributed by atoms with van der Waals surface area (Å²) in [5.41, 5.74) is 16.0. The summed E-state index contributed by atoms with van der Waals surface area (Å²) < 4.78 is 0. The predicted octanol–water partition coefficient (Wildman–Crippen LogP) is 1.94. The summed E-state index contributed by atoms with van der Waals surface area (Å²) in [6.45, 7) is 0.579. The number of nitrogen functional groups attached to an aromatic ring is 1. The first kappa shape index (κ1) is 12.7. The highest BCUT2D eigenvalue weighted by atomic mass is 16.4. The second-order valence-corrected chi connectivity index (χ2v) is 5.20. The molecule has 0 atom stereocenters. The quantitative estimate of drug-likeness (QED) is 0.493. The number of aromatic amines is 1. The van der Waals surface area contributed by atoms with Gasteiger partial charge in [-0.25, -0.2) is 15.2 Å². The molecule has 7 nitrogen and oxygen atoms in total. The van der Waals surface area contributed by atoms with Crippen LogP contribution in [0.5, 0.6) is 0 Å². The largest absolute Gasteiger partial charge is 0.478 e. The monoisotopic (exact) mass is 295 g/mol. The third-order valence-electron chi connectivity index (χ3n) is 3.84. The Balaban J connectivity index is 1.97. The normalized spacial score (nSPS) is 13.1. The first-order chi connectivity index (χ1) is 10.6. The highest BCUT2D eigenvalue weighted by molar-refractivity contribution is 6.01. The molecule has 3 heterocycles. The maximum atomic E-state index is 11.5. The predicted molar refractivity (Wildman–Crippen MR) is 83.4 cm³/mol. The second kappa shape index (κ2) is 4.47. The number of H-pyrrole nitrogens is 1. The Morgan fingerprint density at radius 1 is 1.32 bits per heavy atom. The fourth-order valence-corrected chi connectivity index (χ4v) is 2.82. The van der Waals surface area contributed by atoms with Crippen molar-refractivity contribution in [1.82, 2.24) is 15.4 Å². The molecule has 0 radical (unpaired) electrons. The molecule has 0 fully saturated rings. The number of rotatable bonds is 2. The number of fused-ring (bicyclic) bond motifs is 2. The summed E-state index contributed by atoms with van der Waals surface area (Å²) in [5, 5.41) is 10.3. The Morgan fingerprint density at radius 3 is 3.00 bits per heavy atom. The third-order valence-corrected chi connectivity index (χ3v) is 3.84. The van der Waals surface area contributed by atoms with E-state index in [0.29, 0.717) is 18.1 Å². The van der Waals surface area contributed by atoms with Gasteiger partial charge in [-0.05, 0) is 29.3 Å². The van der Waals surface area contributed by atoms with E-state index in [4.69, 9.17) is 5.73 Å². The van der Waals surface area contributed by atoms with Crippen molar-refractivity contribution in [2.45, 2.75) is 6.54 Å². The van der Waals surface area contributed by atoms with Gasteiger partial charge < -0.3 is 21.2 Å². The van der Waals surface area contributed by atoms with Crippen LogP contribution in [0.4, 0.5) is 11.5 Å². The number of nitrogens with one attached hydrogen (secondary N) is 3. The van der Waals surface area contributed by atoms with Gasteiger partial charge in [0.05, 0.1) is 23.0 Å². The Labute approximate surface area is 125 Å². The molecule has 0 aliphatic carbocycles. The lowest BCUT2D eigenvalue weighted by atomic mass is 9.98. The number of pyridine rings is 1. The first-order valence-electron chi connectivity index (χ1n) is 6.75. The van der Waals surface area contributed by atoms with Crippen LogP contribution in [-0.2, 0) is 6.54 Å². The number of benzene rings is 1. The fraction of sp³-hybridized carbons (Fsp3) is 0.0667. The lowest BCUT2D eigenvalue weighted by Crippen LogP contribution is -2.12. The van der Waals surface area contributed by atoms with Crippen LogP contribution in [-0.4, -0.2) is 21.0 Å². The number of hydrogen-bond donors (Lipinski definition) is 5. The zero-order chi connectivity index (χ0) is 15.3. The molecule has 0 saturated carbocycles. The molecule has 0 saturated heterocycles. The van der Waals surface area contributed by atoms with Crippen molar-refractivity contribution in [3.8, 4) is 11.1 Å². The molecule has 0 unspecified atom stereocenters. The van der Waals surface area contributed by atoms with Crippen LogP contribution in [0.2, 0.25) is 0 Å². The van der Waals surface area contributed by atoms with Crippen LogP contribution in [0.25, 0.3) is 22.0 Å². The molecule has 0 spiro atoms. The highest BCUT2D eigenvalue weighted by Gasteiger charge is 2.21. The van der Waals surface area contributed by atoms with E-state index in [9.17, 15) is 9.90 Å². The van der Waals surface area contributed by atoms with E-state index in [1.165, 1.54) is 0 Å². The summed E-state index contributed by atoms with van der Waals surface area (Å²) in [6.07, 6.45) is 3.51. The van der Waals surface area contributed by atoms with Crippen molar-refractivity contribution in [3.63, 3.8) is 0 Å². The molecule has 1 aliphatic rings. The lowest BCUT2D eigenvalue weighted by molar-refractivity contribution is 0.0698.